The van der Waals surface area contributed by atoms with Crippen molar-refractivity contribution in [1.29, 1.82) is 0 Å². The number of nitrogens with one attached hydrogen (secondary N) is 3. The number of rotatable bonds is 8. The van der Waals surface area contributed by atoms with Crippen LogP contribution < -0.4 is 15.4 Å². The zero-order valence-electron chi connectivity index (χ0n) is 16.1. The first-order valence-electron chi connectivity index (χ1n) is 8.81. The number of sulfonamides is 1. The topological polar surface area (TPSA) is 100 Å². The molecule has 0 fully saturated rings. The molecule has 0 atom stereocenters. The summed E-state index contributed by atoms with van der Waals surface area (Å²) in [6.07, 6.45) is -3.89. The van der Waals surface area contributed by atoms with Gasteiger partial charge in [-0.1, -0.05) is 24.6 Å². The molecule has 30 heavy (non-hydrogen) atoms. The van der Waals surface area contributed by atoms with Gasteiger partial charge in [-0.2, -0.15) is 13.2 Å². The maximum Gasteiger partial charge on any atom is 0.417 e. The number of aromatic nitrogens is 1. The fourth-order valence-electron chi connectivity index (χ4n) is 2.46. The molecule has 0 saturated carbocycles. The standard InChI is InChI=1S/C18H20ClF3N4O3S/c1-3-26-30(28,29)13-5-4-11(2)14(9-13)17(27)24-7-6-23-16-15(19)8-12(10-25-16)18(20,21)22/h4-5,8-10,26H,3,6-7H2,1-2H3,(H,23,25)(H,24,27). The Morgan fingerprint density at radius 1 is 1.20 bits per heavy atom. The van der Waals surface area contributed by atoms with E-state index in [4.69, 9.17) is 11.6 Å². The van der Waals surface area contributed by atoms with Crippen molar-refractivity contribution >= 4 is 33.3 Å². The molecule has 3 N–H and O–H groups in total. The number of hydrogen-bond acceptors (Lipinski definition) is 5. The lowest BCUT2D eigenvalue weighted by Crippen LogP contribution is -2.30. The van der Waals surface area contributed by atoms with E-state index in [1.54, 1.807) is 13.8 Å². The summed E-state index contributed by atoms with van der Waals surface area (Å²) in [5, 5.41) is 5.14. The van der Waals surface area contributed by atoms with Gasteiger partial charge < -0.3 is 10.6 Å². The van der Waals surface area contributed by atoms with E-state index >= 15 is 0 Å². The number of carbonyl (C=O) groups is 1. The first-order chi connectivity index (χ1) is 14.0. The monoisotopic (exact) mass is 464 g/mol. The molecule has 0 spiro atoms. The Balaban J connectivity index is 1.99. The molecule has 0 unspecified atom stereocenters. The summed E-state index contributed by atoms with van der Waals surface area (Å²) in [5.41, 5.74) is -0.183. The Morgan fingerprint density at radius 2 is 1.90 bits per heavy atom. The minimum absolute atomic E-state index is 0.0287. The third-order valence-electron chi connectivity index (χ3n) is 3.97. The van der Waals surface area contributed by atoms with Crippen LogP contribution >= 0.6 is 11.6 Å². The van der Waals surface area contributed by atoms with Gasteiger partial charge in [-0.3, -0.25) is 4.79 Å². The Bertz CT molecular complexity index is 1030. The number of benzene rings is 1. The summed E-state index contributed by atoms with van der Waals surface area (Å²) in [4.78, 5) is 16.0. The highest BCUT2D eigenvalue weighted by Crippen LogP contribution is 2.32. The van der Waals surface area contributed by atoms with Crippen molar-refractivity contribution in [2.45, 2.75) is 24.9 Å². The predicted octanol–water partition coefficient (Wildman–Crippen LogP) is 3.20. The molecule has 0 bridgehead atoms. The Kier molecular flexibility index (Phi) is 7.67. The average Bonchev–Trinajstić information content (AvgIpc) is 2.65. The molecular formula is C18H20ClF3N4O3S. The predicted molar refractivity (Wildman–Crippen MR) is 107 cm³/mol. The first-order valence-corrected chi connectivity index (χ1v) is 10.7. The van der Waals surface area contributed by atoms with Crippen molar-refractivity contribution in [1.82, 2.24) is 15.0 Å². The van der Waals surface area contributed by atoms with Crippen molar-refractivity contribution < 1.29 is 26.4 Å². The first kappa shape index (κ1) is 23.9. The van der Waals surface area contributed by atoms with Gasteiger partial charge in [-0.05, 0) is 30.7 Å². The number of nitrogens with zero attached hydrogens (tertiary/aromatic N) is 1. The number of amides is 1. The van der Waals surface area contributed by atoms with Crippen LogP contribution in [0, 0.1) is 6.92 Å². The van der Waals surface area contributed by atoms with Crippen LogP contribution in [0.3, 0.4) is 0 Å². The van der Waals surface area contributed by atoms with Crippen LogP contribution in [-0.4, -0.2) is 38.9 Å². The quantitative estimate of drug-likeness (QED) is 0.521. The van der Waals surface area contributed by atoms with Crippen LogP contribution in [0.1, 0.15) is 28.4 Å². The van der Waals surface area contributed by atoms with Crippen LogP contribution in [-0.2, 0) is 16.2 Å². The summed E-state index contributed by atoms with van der Waals surface area (Å²) < 4.78 is 64.5. The number of alkyl halides is 3. The maximum absolute atomic E-state index is 12.6. The molecule has 0 radical (unpaired) electrons. The molecule has 0 saturated heterocycles. The molecule has 1 amide bonds. The highest BCUT2D eigenvalue weighted by atomic mass is 35.5. The number of aryl methyl sites for hydroxylation is 1. The Morgan fingerprint density at radius 3 is 2.50 bits per heavy atom. The van der Waals surface area contributed by atoms with E-state index in [-0.39, 0.29) is 40.9 Å². The van der Waals surface area contributed by atoms with Gasteiger partial charge in [0.2, 0.25) is 10.0 Å². The van der Waals surface area contributed by atoms with E-state index in [1.165, 1.54) is 18.2 Å². The summed E-state index contributed by atoms with van der Waals surface area (Å²) in [6.45, 7) is 3.76. The zero-order valence-corrected chi connectivity index (χ0v) is 17.7. The minimum atomic E-state index is -4.55. The zero-order chi connectivity index (χ0) is 22.5. The van der Waals surface area contributed by atoms with Crippen molar-refractivity contribution in [3.63, 3.8) is 0 Å². The van der Waals surface area contributed by atoms with E-state index < -0.39 is 27.7 Å². The van der Waals surface area contributed by atoms with Gasteiger partial charge in [0.25, 0.3) is 5.91 Å². The van der Waals surface area contributed by atoms with E-state index in [0.717, 1.165) is 6.07 Å². The molecule has 1 aromatic carbocycles. The van der Waals surface area contributed by atoms with Crippen molar-refractivity contribution in [2.24, 2.45) is 0 Å². The van der Waals surface area contributed by atoms with Crippen LogP contribution in [0.2, 0.25) is 5.02 Å². The third kappa shape index (κ3) is 6.07. The smallest absolute Gasteiger partial charge is 0.367 e. The average molecular weight is 465 g/mol. The summed E-state index contributed by atoms with van der Waals surface area (Å²) >= 11 is 5.80. The van der Waals surface area contributed by atoms with E-state index in [2.05, 4.69) is 20.3 Å². The fourth-order valence-corrected chi connectivity index (χ4v) is 3.76. The van der Waals surface area contributed by atoms with Crippen LogP contribution in [0.25, 0.3) is 0 Å². The van der Waals surface area contributed by atoms with E-state index in [1.807, 2.05) is 0 Å². The molecule has 1 heterocycles. The Labute approximate surface area is 177 Å². The van der Waals surface area contributed by atoms with Crippen LogP contribution in [0.4, 0.5) is 19.0 Å². The van der Waals surface area contributed by atoms with Crippen molar-refractivity contribution in [2.75, 3.05) is 25.0 Å². The molecule has 0 aliphatic rings. The number of anilines is 1. The second-order valence-electron chi connectivity index (χ2n) is 6.21. The van der Waals surface area contributed by atoms with Gasteiger partial charge in [0.05, 0.1) is 15.5 Å². The molecule has 2 rings (SSSR count). The third-order valence-corrected chi connectivity index (χ3v) is 5.80. The Hall–Kier alpha value is -2.37. The molecule has 12 heteroatoms. The number of carbonyl (C=O) groups excluding carboxylic acids is 1. The summed E-state index contributed by atoms with van der Waals surface area (Å²) in [5.74, 6) is -0.442. The fraction of sp³-hybridized carbons (Fsp3) is 0.333. The van der Waals surface area contributed by atoms with Gasteiger partial charge in [0, 0.05) is 31.4 Å². The van der Waals surface area contributed by atoms with Crippen molar-refractivity contribution in [3.05, 3.63) is 52.2 Å². The van der Waals surface area contributed by atoms with Crippen LogP contribution in [0.15, 0.2) is 35.4 Å². The largest absolute Gasteiger partial charge is 0.417 e. The second-order valence-corrected chi connectivity index (χ2v) is 8.39. The van der Waals surface area contributed by atoms with Gasteiger partial charge >= 0.3 is 6.18 Å². The molecule has 7 nitrogen and oxygen atoms in total. The van der Waals surface area contributed by atoms with Gasteiger partial charge in [-0.15, -0.1) is 0 Å². The summed E-state index contributed by atoms with van der Waals surface area (Å²) in [6, 6.07) is 4.98. The van der Waals surface area contributed by atoms with Crippen LogP contribution in [0.5, 0.6) is 0 Å². The molecule has 2 aromatic rings. The SMILES string of the molecule is CCNS(=O)(=O)c1ccc(C)c(C(=O)NCCNc2ncc(C(F)(F)F)cc2Cl)c1. The minimum Gasteiger partial charge on any atom is -0.367 e. The number of pyridine rings is 1. The van der Waals surface area contributed by atoms with E-state index in [9.17, 15) is 26.4 Å². The van der Waals surface area contributed by atoms with Gasteiger partial charge in [0.15, 0.2) is 0 Å². The number of halogens is 4. The normalized spacial score (nSPS) is 11.9. The van der Waals surface area contributed by atoms with E-state index in [0.29, 0.717) is 11.8 Å². The molecule has 164 valence electrons. The maximum atomic E-state index is 12.6. The molecule has 0 aliphatic carbocycles. The molecular weight excluding hydrogens is 445 g/mol. The van der Waals surface area contributed by atoms with Crippen molar-refractivity contribution in [3.8, 4) is 0 Å². The molecule has 0 aliphatic heterocycles. The summed E-state index contributed by atoms with van der Waals surface area (Å²) in [7, 11) is -3.71. The highest BCUT2D eigenvalue weighted by Gasteiger charge is 2.31. The van der Waals surface area contributed by atoms with Gasteiger partial charge in [0.1, 0.15) is 5.82 Å². The molecule has 1 aromatic heterocycles. The lowest BCUT2D eigenvalue weighted by molar-refractivity contribution is -0.137. The van der Waals surface area contributed by atoms with Gasteiger partial charge in [-0.25, -0.2) is 18.1 Å². The lowest BCUT2D eigenvalue weighted by Gasteiger charge is -2.12. The lowest BCUT2D eigenvalue weighted by atomic mass is 10.1. The highest BCUT2D eigenvalue weighted by molar-refractivity contribution is 7.89. The second kappa shape index (κ2) is 9.63. The number of hydrogen-bond donors (Lipinski definition) is 3.